The zero-order valence-electron chi connectivity index (χ0n) is 13.7. The van der Waals surface area contributed by atoms with Crippen LogP contribution >= 0.6 is 0 Å². The van der Waals surface area contributed by atoms with Crippen LogP contribution in [-0.2, 0) is 0 Å². The van der Waals surface area contributed by atoms with E-state index in [-0.39, 0.29) is 0 Å². The molecule has 0 saturated heterocycles. The van der Waals surface area contributed by atoms with Crippen molar-refractivity contribution in [3.05, 3.63) is 94.6 Å². The van der Waals surface area contributed by atoms with Crippen molar-refractivity contribution in [1.82, 2.24) is 9.97 Å². The third-order valence-corrected chi connectivity index (χ3v) is 3.62. The van der Waals surface area contributed by atoms with E-state index in [9.17, 15) is 0 Å². The van der Waals surface area contributed by atoms with Crippen molar-refractivity contribution in [2.24, 2.45) is 0 Å². The molecule has 0 aliphatic rings. The zero-order valence-corrected chi connectivity index (χ0v) is 13.7. The van der Waals surface area contributed by atoms with Crippen LogP contribution in [0, 0.1) is 37.5 Å². The molecule has 24 heavy (non-hydrogen) atoms. The number of benzene rings is 1. The molecule has 0 radical (unpaired) electrons. The van der Waals surface area contributed by atoms with Crippen molar-refractivity contribution >= 4 is 0 Å². The van der Waals surface area contributed by atoms with Gasteiger partial charge in [0.25, 0.3) is 0 Å². The number of nitrogens with zero attached hydrogens (tertiary/aromatic N) is 2. The summed E-state index contributed by atoms with van der Waals surface area (Å²) >= 11 is 0. The fourth-order valence-corrected chi connectivity index (χ4v) is 2.24. The molecule has 0 saturated carbocycles. The van der Waals surface area contributed by atoms with Crippen LogP contribution in [0.2, 0.25) is 0 Å². The van der Waals surface area contributed by atoms with Crippen molar-refractivity contribution in [1.29, 1.82) is 0 Å². The zero-order chi connectivity index (χ0) is 16.8. The van der Waals surface area contributed by atoms with Crippen molar-refractivity contribution in [2.75, 3.05) is 0 Å². The maximum atomic E-state index is 4.00. The Morgan fingerprint density at radius 3 is 1.33 bits per heavy atom. The molecule has 2 heterocycles. The highest BCUT2D eigenvalue weighted by atomic mass is 14.6. The summed E-state index contributed by atoms with van der Waals surface area (Å²) in [6.45, 7) is 4.13. The van der Waals surface area contributed by atoms with Gasteiger partial charge in [0, 0.05) is 47.0 Å². The summed E-state index contributed by atoms with van der Waals surface area (Å²) in [5, 5.41) is 0. The summed E-state index contributed by atoms with van der Waals surface area (Å²) in [6, 6.07) is 11.8. The Balaban J connectivity index is 1.90. The van der Waals surface area contributed by atoms with Crippen molar-refractivity contribution in [3.63, 3.8) is 0 Å². The lowest BCUT2D eigenvalue weighted by Gasteiger charge is -2.04. The molecule has 114 valence electrons. The van der Waals surface area contributed by atoms with Gasteiger partial charge in [0.15, 0.2) is 0 Å². The van der Waals surface area contributed by atoms with Crippen LogP contribution in [0.15, 0.2) is 61.2 Å². The lowest BCUT2D eigenvalue weighted by atomic mass is 10.00. The van der Waals surface area contributed by atoms with Gasteiger partial charge in [-0.3, -0.25) is 9.97 Å². The van der Waals surface area contributed by atoms with Crippen LogP contribution in [0.4, 0.5) is 0 Å². The summed E-state index contributed by atoms with van der Waals surface area (Å²) < 4.78 is 0. The van der Waals surface area contributed by atoms with E-state index in [0.717, 1.165) is 33.4 Å². The molecule has 1 aromatic carbocycles. The lowest BCUT2D eigenvalue weighted by molar-refractivity contribution is 1.32. The number of aromatic nitrogens is 2. The van der Waals surface area contributed by atoms with Gasteiger partial charge in [-0.25, -0.2) is 0 Å². The van der Waals surface area contributed by atoms with E-state index in [2.05, 4.69) is 59.6 Å². The maximum Gasteiger partial charge on any atom is 0.0281 e. The molecule has 3 rings (SSSR count). The van der Waals surface area contributed by atoms with Crippen LogP contribution in [0.3, 0.4) is 0 Å². The summed E-state index contributed by atoms with van der Waals surface area (Å²) in [7, 11) is 0. The van der Waals surface area contributed by atoms with Crippen LogP contribution in [-0.4, -0.2) is 9.97 Å². The Kier molecular flexibility index (Phi) is 4.70. The van der Waals surface area contributed by atoms with E-state index < -0.39 is 0 Å². The Morgan fingerprint density at radius 2 is 0.958 bits per heavy atom. The Bertz CT molecular complexity index is 883. The van der Waals surface area contributed by atoms with Gasteiger partial charge in [0.1, 0.15) is 0 Å². The molecule has 0 fully saturated rings. The molecular weight excluding hydrogens is 292 g/mol. The minimum absolute atomic E-state index is 0.962. The van der Waals surface area contributed by atoms with E-state index in [1.807, 2.05) is 24.3 Å². The van der Waals surface area contributed by atoms with Gasteiger partial charge in [0.05, 0.1) is 0 Å². The molecule has 0 spiro atoms. The van der Waals surface area contributed by atoms with E-state index >= 15 is 0 Å². The highest BCUT2D eigenvalue weighted by Crippen LogP contribution is 2.15. The van der Waals surface area contributed by atoms with Gasteiger partial charge >= 0.3 is 0 Å². The summed E-state index contributed by atoms with van der Waals surface area (Å²) in [6.07, 6.45) is 7.00. The standard InChI is InChI=1S/C22H16N2/c1-17-15-22(6-4-20-9-13-24-14-10-20)18(2)16-21(17)5-3-19-7-11-23-12-8-19/h7-16H,1-2H3. The minimum atomic E-state index is 0.962. The fraction of sp³-hybridized carbons (Fsp3) is 0.0909. The molecule has 0 aliphatic carbocycles. The minimum Gasteiger partial charge on any atom is -0.265 e. The van der Waals surface area contributed by atoms with Gasteiger partial charge in [-0.2, -0.15) is 0 Å². The first kappa shape index (κ1) is 15.5. The second kappa shape index (κ2) is 7.27. The van der Waals surface area contributed by atoms with E-state index in [4.69, 9.17) is 0 Å². The van der Waals surface area contributed by atoms with Gasteiger partial charge in [-0.15, -0.1) is 0 Å². The first-order valence-electron chi connectivity index (χ1n) is 7.68. The topological polar surface area (TPSA) is 25.8 Å². The normalized spacial score (nSPS) is 9.42. The van der Waals surface area contributed by atoms with E-state index in [0.29, 0.717) is 0 Å². The fourth-order valence-electron chi connectivity index (χ4n) is 2.24. The van der Waals surface area contributed by atoms with E-state index in [1.54, 1.807) is 24.8 Å². The SMILES string of the molecule is Cc1cc(C#Cc2ccncc2)c(C)cc1C#Cc1ccncc1. The summed E-state index contributed by atoms with van der Waals surface area (Å²) in [5.41, 5.74) is 6.23. The van der Waals surface area contributed by atoms with Crippen LogP contribution in [0.1, 0.15) is 33.4 Å². The molecule has 0 N–H and O–H groups in total. The Labute approximate surface area is 142 Å². The lowest BCUT2D eigenvalue weighted by Crippen LogP contribution is -1.90. The second-order valence-electron chi connectivity index (χ2n) is 5.45. The average molecular weight is 308 g/mol. The predicted octanol–water partition coefficient (Wildman–Crippen LogP) is 3.89. The molecule has 0 aliphatic heterocycles. The molecular formula is C22H16N2. The van der Waals surface area contributed by atoms with E-state index in [1.165, 1.54) is 0 Å². The molecule has 2 nitrogen and oxygen atoms in total. The highest BCUT2D eigenvalue weighted by molar-refractivity contribution is 5.54. The van der Waals surface area contributed by atoms with Crippen molar-refractivity contribution in [3.8, 4) is 23.7 Å². The summed E-state index contributed by atoms with van der Waals surface area (Å²) in [4.78, 5) is 8.00. The Hall–Kier alpha value is -3.36. The van der Waals surface area contributed by atoms with Crippen molar-refractivity contribution in [2.45, 2.75) is 13.8 Å². The monoisotopic (exact) mass is 308 g/mol. The first-order valence-corrected chi connectivity index (χ1v) is 7.68. The van der Waals surface area contributed by atoms with Gasteiger partial charge in [0.2, 0.25) is 0 Å². The molecule has 0 unspecified atom stereocenters. The van der Waals surface area contributed by atoms with Gasteiger partial charge in [-0.05, 0) is 61.4 Å². The predicted molar refractivity (Wildman–Crippen MR) is 96.4 cm³/mol. The average Bonchev–Trinajstić information content (AvgIpc) is 2.62. The number of aryl methyl sites for hydroxylation is 2. The smallest absolute Gasteiger partial charge is 0.0281 e. The van der Waals surface area contributed by atoms with Gasteiger partial charge in [-0.1, -0.05) is 23.7 Å². The van der Waals surface area contributed by atoms with Crippen LogP contribution < -0.4 is 0 Å². The highest BCUT2D eigenvalue weighted by Gasteiger charge is 2.01. The number of rotatable bonds is 0. The molecule has 0 atom stereocenters. The quantitative estimate of drug-likeness (QED) is 0.589. The third kappa shape index (κ3) is 3.88. The molecule has 2 aromatic heterocycles. The van der Waals surface area contributed by atoms with Gasteiger partial charge < -0.3 is 0 Å². The molecule has 2 heteroatoms. The molecule has 0 bridgehead atoms. The number of hydrogen-bond acceptors (Lipinski definition) is 2. The van der Waals surface area contributed by atoms with Crippen LogP contribution in [0.25, 0.3) is 0 Å². The van der Waals surface area contributed by atoms with Crippen molar-refractivity contribution < 1.29 is 0 Å². The maximum absolute atomic E-state index is 4.00. The Morgan fingerprint density at radius 1 is 0.583 bits per heavy atom. The number of hydrogen-bond donors (Lipinski definition) is 0. The number of pyridine rings is 2. The molecule has 0 amide bonds. The first-order chi connectivity index (χ1) is 11.7. The largest absolute Gasteiger partial charge is 0.265 e. The third-order valence-electron chi connectivity index (χ3n) is 3.62. The second-order valence-corrected chi connectivity index (χ2v) is 5.45. The summed E-state index contributed by atoms with van der Waals surface area (Å²) in [5.74, 6) is 12.8. The van der Waals surface area contributed by atoms with Crippen LogP contribution in [0.5, 0.6) is 0 Å². The molecule has 3 aromatic rings.